The van der Waals surface area contributed by atoms with Crippen LogP contribution in [-0.2, 0) is 16.4 Å². The van der Waals surface area contributed by atoms with Crippen LogP contribution in [0.25, 0.3) is 0 Å². The van der Waals surface area contributed by atoms with Crippen molar-refractivity contribution in [2.45, 2.75) is 19.0 Å². The van der Waals surface area contributed by atoms with E-state index in [1.807, 2.05) is 30.3 Å². The molecule has 0 radical (unpaired) electrons. The predicted molar refractivity (Wildman–Crippen MR) is 126 cm³/mol. The number of urea groups is 1. The molecule has 2 amide bonds. The smallest absolute Gasteiger partial charge is 0.330 e. The van der Waals surface area contributed by atoms with Crippen molar-refractivity contribution in [3.8, 4) is 5.75 Å². The molecule has 1 aromatic heterocycles. The number of amides is 2. The lowest BCUT2D eigenvalue weighted by molar-refractivity contribution is 0.248. The number of ether oxygens (including phenoxy) is 1. The number of aromatic nitrogens is 2. The first-order valence-corrected chi connectivity index (χ1v) is 12.4. The summed E-state index contributed by atoms with van der Waals surface area (Å²) in [5, 5.41) is 3.15. The largest absolute Gasteiger partial charge is 0.497 e. The molecular weight excluding hydrogens is 442 g/mol. The van der Waals surface area contributed by atoms with Crippen LogP contribution in [0.4, 0.5) is 27.9 Å². The number of nitrogens with zero attached hydrogens (tertiary/aromatic N) is 4. The Balaban J connectivity index is 1.54. The first-order valence-electron chi connectivity index (χ1n) is 10.6. The van der Waals surface area contributed by atoms with Gasteiger partial charge in [-0.25, -0.2) is 18.2 Å². The van der Waals surface area contributed by atoms with Crippen LogP contribution in [0.3, 0.4) is 0 Å². The second-order valence-corrected chi connectivity index (χ2v) is 10.3. The van der Waals surface area contributed by atoms with Crippen molar-refractivity contribution in [2.24, 2.45) is 0 Å². The molecule has 5 rings (SSSR count). The Morgan fingerprint density at radius 3 is 2.52 bits per heavy atom. The number of nitrogens with one attached hydrogen (secondary N) is 1. The summed E-state index contributed by atoms with van der Waals surface area (Å²) in [6, 6.07) is 15.9. The highest BCUT2D eigenvalue weighted by Crippen LogP contribution is 2.35. The highest BCUT2D eigenvalue weighted by Gasteiger charge is 2.42. The zero-order valence-corrected chi connectivity index (χ0v) is 18.8. The van der Waals surface area contributed by atoms with E-state index in [1.54, 1.807) is 42.5 Å². The minimum Gasteiger partial charge on any atom is -0.497 e. The van der Waals surface area contributed by atoms with Crippen molar-refractivity contribution in [3.05, 3.63) is 66.4 Å². The van der Waals surface area contributed by atoms with Crippen molar-refractivity contribution in [1.29, 1.82) is 0 Å². The van der Waals surface area contributed by atoms with Crippen molar-refractivity contribution in [3.63, 3.8) is 0 Å². The number of para-hydroxylation sites is 1. The summed E-state index contributed by atoms with van der Waals surface area (Å²) in [5.74, 6) is 1.44. The molecule has 2 aromatic carbocycles. The van der Waals surface area contributed by atoms with Crippen molar-refractivity contribution < 1.29 is 17.9 Å². The topological polar surface area (TPSA) is 105 Å². The molecule has 0 spiro atoms. The van der Waals surface area contributed by atoms with E-state index in [-0.39, 0.29) is 24.1 Å². The lowest BCUT2D eigenvalue weighted by atomic mass is 10.1. The quantitative estimate of drug-likeness (QED) is 0.616. The molecule has 3 heterocycles. The van der Waals surface area contributed by atoms with E-state index in [1.165, 1.54) is 4.90 Å². The third kappa shape index (κ3) is 4.21. The van der Waals surface area contributed by atoms with Crippen LogP contribution >= 0.6 is 0 Å². The molecule has 1 unspecified atom stereocenters. The maximum atomic E-state index is 13.7. The van der Waals surface area contributed by atoms with Crippen LogP contribution in [-0.4, -0.2) is 49.1 Å². The molecule has 9 nitrogen and oxygen atoms in total. The zero-order chi connectivity index (χ0) is 23.0. The molecule has 1 fully saturated rings. The SMILES string of the molecule is COc1ccc(N2Cc3cnc(Nc4ccccc4)nc3N(C3CCS(=O)(=O)C3)C2=O)cc1. The van der Waals surface area contributed by atoms with Gasteiger partial charge in [-0.2, -0.15) is 4.98 Å². The third-order valence-electron chi connectivity index (χ3n) is 5.82. The molecule has 170 valence electrons. The van der Waals surface area contributed by atoms with Crippen LogP contribution in [0.15, 0.2) is 60.8 Å². The van der Waals surface area contributed by atoms with Gasteiger partial charge in [0.15, 0.2) is 9.84 Å². The van der Waals surface area contributed by atoms with Crippen LogP contribution in [0.2, 0.25) is 0 Å². The van der Waals surface area contributed by atoms with Crippen LogP contribution in [0, 0.1) is 0 Å². The molecule has 1 saturated heterocycles. The first-order chi connectivity index (χ1) is 15.9. The second kappa shape index (κ2) is 8.36. The van der Waals surface area contributed by atoms with E-state index in [9.17, 15) is 13.2 Å². The maximum Gasteiger partial charge on any atom is 0.330 e. The summed E-state index contributed by atoms with van der Waals surface area (Å²) >= 11 is 0. The van der Waals surface area contributed by atoms with Gasteiger partial charge in [0.25, 0.3) is 0 Å². The predicted octanol–water partition coefficient (Wildman–Crippen LogP) is 3.36. The lowest BCUT2D eigenvalue weighted by Crippen LogP contribution is -2.53. The Morgan fingerprint density at radius 2 is 1.85 bits per heavy atom. The molecule has 2 aliphatic rings. The van der Waals surface area contributed by atoms with E-state index in [0.29, 0.717) is 29.6 Å². The van der Waals surface area contributed by atoms with Gasteiger partial charge in [-0.05, 0) is 42.8 Å². The number of rotatable bonds is 5. The van der Waals surface area contributed by atoms with Gasteiger partial charge in [0, 0.05) is 23.1 Å². The standard InChI is InChI=1S/C23H23N5O4S/c1-32-20-9-7-18(8-10-20)27-14-16-13-24-22(25-17-5-3-2-4-6-17)26-21(16)28(23(27)29)19-11-12-33(30,31)15-19/h2-10,13,19H,11-12,14-15H2,1H3,(H,24,25,26). The van der Waals surface area contributed by atoms with Crippen LogP contribution in [0.5, 0.6) is 5.75 Å². The molecule has 2 aliphatic heterocycles. The minimum atomic E-state index is -3.21. The maximum absolute atomic E-state index is 13.7. The van der Waals surface area contributed by atoms with E-state index >= 15 is 0 Å². The van der Waals surface area contributed by atoms with Gasteiger partial charge in [-0.3, -0.25) is 9.80 Å². The fourth-order valence-electron chi connectivity index (χ4n) is 4.16. The monoisotopic (exact) mass is 465 g/mol. The van der Waals surface area contributed by atoms with Gasteiger partial charge in [0.1, 0.15) is 11.6 Å². The van der Waals surface area contributed by atoms with Gasteiger partial charge >= 0.3 is 6.03 Å². The molecule has 1 N–H and O–H groups in total. The summed E-state index contributed by atoms with van der Waals surface area (Å²) in [6.45, 7) is 0.280. The average molecular weight is 466 g/mol. The highest BCUT2D eigenvalue weighted by atomic mass is 32.2. The third-order valence-corrected chi connectivity index (χ3v) is 7.57. The van der Waals surface area contributed by atoms with Crippen LogP contribution < -0.4 is 19.9 Å². The number of carbonyl (C=O) groups is 1. The number of carbonyl (C=O) groups excluding carboxylic acids is 1. The summed E-state index contributed by atoms with van der Waals surface area (Å²) in [6.07, 6.45) is 2.06. The summed E-state index contributed by atoms with van der Waals surface area (Å²) < 4.78 is 29.7. The molecular formula is C23H23N5O4S. The first kappa shape index (κ1) is 21.2. The second-order valence-electron chi connectivity index (χ2n) is 8.03. The van der Waals surface area contributed by atoms with E-state index in [4.69, 9.17) is 4.74 Å². The van der Waals surface area contributed by atoms with E-state index in [2.05, 4.69) is 15.3 Å². The molecule has 10 heteroatoms. The number of methoxy groups -OCH3 is 1. The van der Waals surface area contributed by atoms with Crippen molar-refractivity contribution in [2.75, 3.05) is 33.7 Å². The Kier molecular flexibility index (Phi) is 5.37. The number of sulfone groups is 1. The number of hydrogen-bond acceptors (Lipinski definition) is 7. The van der Waals surface area contributed by atoms with Gasteiger partial charge < -0.3 is 10.1 Å². The molecule has 0 aliphatic carbocycles. The normalized spacial score (nSPS) is 19.3. The van der Waals surface area contributed by atoms with Gasteiger partial charge in [0.05, 0.1) is 31.2 Å². The number of anilines is 4. The molecule has 0 saturated carbocycles. The fourth-order valence-corrected chi connectivity index (χ4v) is 5.86. The lowest BCUT2D eigenvalue weighted by Gasteiger charge is -2.38. The summed E-state index contributed by atoms with van der Waals surface area (Å²) in [5.41, 5.74) is 2.24. The Labute approximate surface area is 191 Å². The Morgan fingerprint density at radius 1 is 1.09 bits per heavy atom. The average Bonchev–Trinajstić information content (AvgIpc) is 3.18. The van der Waals surface area contributed by atoms with Gasteiger partial charge in [-0.1, -0.05) is 18.2 Å². The summed E-state index contributed by atoms with van der Waals surface area (Å²) in [7, 11) is -1.63. The minimum absolute atomic E-state index is 0.0551. The number of benzene rings is 2. The molecule has 3 aromatic rings. The van der Waals surface area contributed by atoms with Gasteiger partial charge in [0.2, 0.25) is 5.95 Å². The Bertz CT molecular complexity index is 1280. The number of hydrogen-bond donors (Lipinski definition) is 1. The zero-order valence-electron chi connectivity index (χ0n) is 18.0. The van der Waals surface area contributed by atoms with E-state index in [0.717, 1.165) is 11.3 Å². The van der Waals surface area contributed by atoms with Crippen LogP contribution in [0.1, 0.15) is 12.0 Å². The van der Waals surface area contributed by atoms with Crippen molar-refractivity contribution >= 4 is 39.0 Å². The van der Waals surface area contributed by atoms with E-state index < -0.39 is 15.9 Å². The molecule has 1 atom stereocenters. The fraction of sp³-hybridized carbons (Fsp3) is 0.261. The van der Waals surface area contributed by atoms with Gasteiger partial charge in [-0.15, -0.1) is 0 Å². The highest BCUT2D eigenvalue weighted by molar-refractivity contribution is 7.91. The molecule has 0 bridgehead atoms. The molecule has 33 heavy (non-hydrogen) atoms. The summed E-state index contributed by atoms with van der Waals surface area (Å²) in [4.78, 5) is 25.8. The van der Waals surface area contributed by atoms with Crippen molar-refractivity contribution in [1.82, 2.24) is 9.97 Å². The number of fused-ring (bicyclic) bond motifs is 1. The Hall–Kier alpha value is -3.66.